The van der Waals surface area contributed by atoms with Gasteiger partial charge in [0.05, 0.1) is 18.6 Å². The maximum Gasteiger partial charge on any atom is 0.310 e. The number of esters is 1. The van der Waals surface area contributed by atoms with Gasteiger partial charge in [-0.3, -0.25) is 9.59 Å². The Bertz CT molecular complexity index is 901. The van der Waals surface area contributed by atoms with Crippen LogP contribution in [0.1, 0.15) is 54.6 Å². The minimum absolute atomic E-state index is 0.00195. The number of carbonyl (C=O) groups excluding carboxylic acids is 2. The van der Waals surface area contributed by atoms with Crippen molar-refractivity contribution in [3.8, 4) is 11.5 Å². The maximum absolute atomic E-state index is 13.0. The van der Waals surface area contributed by atoms with E-state index in [1.807, 2.05) is 49.4 Å². The third-order valence-electron chi connectivity index (χ3n) is 4.82. The molecule has 0 fully saturated rings. The predicted molar refractivity (Wildman–Crippen MR) is 115 cm³/mol. The summed E-state index contributed by atoms with van der Waals surface area (Å²) in [5.41, 5.74) is 2.06. The third-order valence-corrected chi connectivity index (χ3v) is 4.82. The summed E-state index contributed by atoms with van der Waals surface area (Å²) in [6.45, 7) is 4.35. The minimum atomic E-state index is -0.377. The van der Waals surface area contributed by atoms with Gasteiger partial charge in [-0.15, -0.1) is 0 Å². The molecule has 5 heteroatoms. The first-order valence-corrected chi connectivity index (χ1v) is 10.4. The average Bonchev–Trinajstić information content (AvgIpc) is 2.72. The normalized spacial score (nSPS) is 17.4. The van der Waals surface area contributed by atoms with Crippen LogP contribution in [0.25, 0.3) is 0 Å². The van der Waals surface area contributed by atoms with Crippen LogP contribution in [0.15, 0.2) is 54.6 Å². The van der Waals surface area contributed by atoms with Gasteiger partial charge in [-0.2, -0.15) is 0 Å². The second kappa shape index (κ2) is 10.6. The van der Waals surface area contributed by atoms with Crippen molar-refractivity contribution in [3.63, 3.8) is 0 Å². The van der Waals surface area contributed by atoms with Gasteiger partial charge in [-0.1, -0.05) is 36.4 Å². The van der Waals surface area contributed by atoms with E-state index in [1.165, 1.54) is 0 Å². The Balaban J connectivity index is 1.97. The molecule has 0 bridgehead atoms. The van der Waals surface area contributed by atoms with Crippen LogP contribution in [0, 0.1) is 0 Å². The molecule has 0 saturated carbocycles. The number of hydrogen-bond donors (Lipinski definition) is 0. The van der Waals surface area contributed by atoms with Crippen LogP contribution in [0.4, 0.5) is 0 Å². The summed E-state index contributed by atoms with van der Waals surface area (Å²) >= 11 is 0. The van der Waals surface area contributed by atoms with Crippen LogP contribution in [0.2, 0.25) is 0 Å². The number of Topliss-reactive ketones (excluding diaryl/α,β-unsaturated/α-hetero) is 1. The van der Waals surface area contributed by atoms with E-state index in [1.54, 1.807) is 19.1 Å². The number of carbonyl (C=O) groups is 2. The molecule has 30 heavy (non-hydrogen) atoms. The summed E-state index contributed by atoms with van der Waals surface area (Å²) in [7, 11) is 0. The Morgan fingerprint density at radius 3 is 2.77 bits per heavy atom. The third kappa shape index (κ3) is 5.96. The van der Waals surface area contributed by atoms with Gasteiger partial charge in [-0.25, -0.2) is 0 Å². The number of benzene rings is 2. The topological polar surface area (TPSA) is 61.8 Å². The van der Waals surface area contributed by atoms with Crippen LogP contribution >= 0.6 is 0 Å². The van der Waals surface area contributed by atoms with Crippen molar-refractivity contribution in [2.24, 2.45) is 0 Å². The van der Waals surface area contributed by atoms with Crippen molar-refractivity contribution >= 4 is 11.8 Å². The molecule has 0 aliphatic carbocycles. The maximum atomic E-state index is 13.0. The molecular weight excluding hydrogens is 380 g/mol. The highest BCUT2D eigenvalue weighted by atomic mass is 16.5. The molecule has 1 unspecified atom stereocenters. The second-order valence-corrected chi connectivity index (χ2v) is 7.28. The highest BCUT2D eigenvalue weighted by molar-refractivity contribution is 6.01. The number of hydrogen-bond acceptors (Lipinski definition) is 5. The first kappa shape index (κ1) is 21.6. The molecule has 0 N–H and O–H groups in total. The first-order chi connectivity index (χ1) is 14.6. The molecule has 1 aliphatic heterocycles. The monoisotopic (exact) mass is 408 g/mol. The standard InChI is InChI=1S/C25H28O5/c1-3-28-24(27)15-20-14-21(29-17-19-11-7-5-8-12-19)16-23-25(20)22(26)13-9-4-6-10-18(2)30-23/h5-8,10-12,14,16,18H,3-4,9,13,15,17H2,1-2H3/b10-6-. The first-order valence-electron chi connectivity index (χ1n) is 10.4. The fourth-order valence-corrected chi connectivity index (χ4v) is 3.42. The van der Waals surface area contributed by atoms with Gasteiger partial charge in [0, 0.05) is 12.5 Å². The molecule has 0 amide bonds. The summed E-state index contributed by atoms with van der Waals surface area (Å²) in [4.78, 5) is 25.2. The van der Waals surface area contributed by atoms with E-state index < -0.39 is 0 Å². The lowest BCUT2D eigenvalue weighted by Gasteiger charge is -2.20. The number of fused-ring (bicyclic) bond motifs is 1. The fraction of sp³-hybridized carbons (Fsp3) is 0.360. The average molecular weight is 408 g/mol. The van der Waals surface area contributed by atoms with E-state index in [0.29, 0.717) is 35.7 Å². The minimum Gasteiger partial charge on any atom is -0.489 e. The van der Waals surface area contributed by atoms with E-state index in [2.05, 4.69) is 0 Å². The Morgan fingerprint density at radius 2 is 2.00 bits per heavy atom. The van der Waals surface area contributed by atoms with E-state index >= 15 is 0 Å². The molecule has 0 aromatic heterocycles. The Kier molecular flexibility index (Phi) is 7.66. The molecule has 0 radical (unpaired) electrons. The summed E-state index contributed by atoms with van der Waals surface area (Å²) in [5, 5.41) is 0. The zero-order valence-corrected chi connectivity index (χ0v) is 17.6. The zero-order chi connectivity index (χ0) is 21.3. The van der Waals surface area contributed by atoms with Gasteiger partial charge < -0.3 is 14.2 Å². The van der Waals surface area contributed by atoms with Crippen molar-refractivity contribution in [2.45, 2.75) is 52.2 Å². The molecule has 1 heterocycles. The van der Waals surface area contributed by atoms with Crippen molar-refractivity contribution < 1.29 is 23.8 Å². The Hall–Kier alpha value is -3.08. The molecule has 0 saturated heterocycles. The molecule has 2 aromatic rings. The van der Waals surface area contributed by atoms with Crippen molar-refractivity contribution in [2.75, 3.05) is 6.61 Å². The van der Waals surface area contributed by atoms with Crippen LogP contribution in [0.3, 0.4) is 0 Å². The smallest absolute Gasteiger partial charge is 0.310 e. The van der Waals surface area contributed by atoms with E-state index in [4.69, 9.17) is 14.2 Å². The SMILES string of the molecule is CCOC(=O)Cc1cc(OCc2ccccc2)cc2c1C(=O)CCC/C=C\C(C)O2. The highest BCUT2D eigenvalue weighted by Crippen LogP contribution is 2.33. The lowest BCUT2D eigenvalue weighted by molar-refractivity contribution is -0.142. The van der Waals surface area contributed by atoms with Gasteiger partial charge in [0.25, 0.3) is 0 Å². The van der Waals surface area contributed by atoms with Gasteiger partial charge in [-0.05, 0) is 50.0 Å². The molecule has 2 aromatic carbocycles. The van der Waals surface area contributed by atoms with Crippen molar-refractivity contribution in [3.05, 3.63) is 71.3 Å². The molecule has 1 atom stereocenters. The number of allylic oxidation sites excluding steroid dienone is 1. The van der Waals surface area contributed by atoms with Crippen LogP contribution in [-0.4, -0.2) is 24.5 Å². The van der Waals surface area contributed by atoms with E-state index in [0.717, 1.165) is 18.4 Å². The number of ether oxygens (including phenoxy) is 3. The Labute approximate surface area is 177 Å². The van der Waals surface area contributed by atoms with Crippen molar-refractivity contribution in [1.82, 2.24) is 0 Å². The van der Waals surface area contributed by atoms with Gasteiger partial charge in [0.2, 0.25) is 0 Å². The Morgan fingerprint density at radius 1 is 1.20 bits per heavy atom. The lowest BCUT2D eigenvalue weighted by atomic mass is 9.95. The van der Waals surface area contributed by atoms with E-state index in [9.17, 15) is 9.59 Å². The second-order valence-electron chi connectivity index (χ2n) is 7.28. The molecule has 158 valence electrons. The summed E-state index contributed by atoms with van der Waals surface area (Å²) in [6.07, 6.45) is 5.80. The predicted octanol–water partition coefficient (Wildman–Crippen LogP) is 5.06. The van der Waals surface area contributed by atoms with Crippen molar-refractivity contribution in [1.29, 1.82) is 0 Å². The molecule has 1 aliphatic rings. The summed E-state index contributed by atoms with van der Waals surface area (Å²) < 4.78 is 17.2. The van der Waals surface area contributed by atoms with Gasteiger partial charge in [0.15, 0.2) is 5.78 Å². The largest absolute Gasteiger partial charge is 0.489 e. The van der Waals surface area contributed by atoms with Gasteiger partial charge in [0.1, 0.15) is 24.2 Å². The summed E-state index contributed by atoms with van der Waals surface area (Å²) in [5.74, 6) is 0.598. The zero-order valence-electron chi connectivity index (χ0n) is 17.6. The molecule has 0 spiro atoms. The van der Waals surface area contributed by atoms with E-state index in [-0.39, 0.29) is 30.9 Å². The molecular formula is C25H28O5. The summed E-state index contributed by atoms with van der Waals surface area (Å²) in [6, 6.07) is 13.3. The lowest BCUT2D eigenvalue weighted by Crippen LogP contribution is -2.17. The van der Waals surface area contributed by atoms with Crippen LogP contribution < -0.4 is 9.47 Å². The quantitative estimate of drug-likeness (QED) is 0.494. The molecule has 3 rings (SSSR count). The fourth-order valence-electron chi connectivity index (χ4n) is 3.42. The van der Waals surface area contributed by atoms with Gasteiger partial charge >= 0.3 is 5.97 Å². The highest BCUT2D eigenvalue weighted by Gasteiger charge is 2.23. The van der Waals surface area contributed by atoms with Crippen LogP contribution in [0.5, 0.6) is 11.5 Å². The number of ketones is 1. The van der Waals surface area contributed by atoms with Crippen LogP contribution in [-0.2, 0) is 22.6 Å². The molecule has 5 nitrogen and oxygen atoms in total. The number of rotatable bonds is 6.